The second-order valence-electron chi connectivity index (χ2n) is 20.6. The largest absolute Gasteiger partial charge is 0.472 e. The Balaban J connectivity index is 4.13. The predicted octanol–water partition coefficient (Wildman–Crippen LogP) is 17.8. The van der Waals surface area contributed by atoms with Crippen LogP contribution in [0.3, 0.4) is 0 Å². The molecule has 0 aliphatic carbocycles. The molecule has 0 rings (SSSR count). The third-order valence-corrected chi connectivity index (χ3v) is 13.5. The minimum Gasteiger partial charge on any atom is -0.387 e. The van der Waals surface area contributed by atoms with Gasteiger partial charge in [0.05, 0.1) is 39.9 Å². The molecular weight excluding hydrogens is 900 g/mol. The molecule has 1 amide bonds. The zero-order chi connectivity index (χ0) is 52.0. The fraction of sp³-hybridized carbons (Fsp3) is 0.726. The minimum atomic E-state index is -4.36. The number of nitrogens with zero attached hydrogens (tertiary/aromatic N) is 1. The molecule has 0 radical (unpaired) electrons. The lowest BCUT2D eigenvalue weighted by atomic mass is 10.0. The number of phosphoric ester groups is 1. The van der Waals surface area contributed by atoms with Crippen molar-refractivity contribution in [1.29, 1.82) is 0 Å². The fourth-order valence-corrected chi connectivity index (χ4v) is 8.72. The number of carbonyl (C=O) groups is 1. The van der Waals surface area contributed by atoms with Crippen molar-refractivity contribution in [1.82, 2.24) is 5.32 Å². The van der Waals surface area contributed by atoms with Crippen molar-refractivity contribution >= 4 is 13.7 Å². The molecule has 0 spiro atoms. The van der Waals surface area contributed by atoms with Gasteiger partial charge in [-0.2, -0.15) is 0 Å². The van der Waals surface area contributed by atoms with Gasteiger partial charge in [-0.25, -0.2) is 4.57 Å². The highest BCUT2D eigenvalue weighted by Crippen LogP contribution is 2.43. The second kappa shape index (κ2) is 52.3. The molecule has 0 saturated heterocycles. The average molecular weight is 1010 g/mol. The summed E-state index contributed by atoms with van der Waals surface area (Å²) < 4.78 is 23.7. The van der Waals surface area contributed by atoms with Crippen molar-refractivity contribution in [2.24, 2.45) is 0 Å². The smallest absolute Gasteiger partial charge is 0.387 e. The minimum absolute atomic E-state index is 0.0506. The Kier molecular flexibility index (Phi) is 50.4. The summed E-state index contributed by atoms with van der Waals surface area (Å²) in [6.45, 7) is 4.66. The lowest BCUT2D eigenvalue weighted by molar-refractivity contribution is -0.870. The van der Waals surface area contributed by atoms with E-state index in [-0.39, 0.29) is 19.1 Å². The average Bonchev–Trinajstić information content (AvgIpc) is 3.33. The Hall–Kier alpha value is -2.58. The van der Waals surface area contributed by atoms with Gasteiger partial charge in [0.25, 0.3) is 0 Å². The first-order valence-corrected chi connectivity index (χ1v) is 30.6. The number of hydrogen-bond acceptors (Lipinski definition) is 5. The summed E-state index contributed by atoms with van der Waals surface area (Å²) in [6, 6.07) is -0.874. The Morgan fingerprint density at radius 2 is 0.859 bits per heavy atom. The number of nitrogens with one attached hydrogen (secondary N) is 1. The van der Waals surface area contributed by atoms with Crippen LogP contribution in [0.4, 0.5) is 0 Å². The van der Waals surface area contributed by atoms with Crippen molar-refractivity contribution in [3.63, 3.8) is 0 Å². The number of aliphatic hydroxyl groups is 1. The number of hydrogen-bond donors (Lipinski definition) is 3. The van der Waals surface area contributed by atoms with E-state index in [2.05, 4.69) is 104 Å². The molecular formula is C62H112N2O6P+. The van der Waals surface area contributed by atoms with Crippen molar-refractivity contribution in [3.05, 3.63) is 97.2 Å². The zero-order valence-corrected chi connectivity index (χ0v) is 47.6. The van der Waals surface area contributed by atoms with E-state index in [0.717, 1.165) is 77.0 Å². The van der Waals surface area contributed by atoms with Crippen LogP contribution < -0.4 is 5.32 Å². The Morgan fingerprint density at radius 1 is 0.493 bits per heavy atom. The molecule has 0 saturated carbocycles. The van der Waals surface area contributed by atoms with Crippen molar-refractivity contribution in [2.75, 3.05) is 40.9 Å². The van der Waals surface area contributed by atoms with E-state index in [4.69, 9.17) is 9.05 Å². The lowest BCUT2D eigenvalue weighted by Gasteiger charge is -2.25. The number of likely N-dealkylation sites (N-methyl/N-ethyl adjacent to an activating group) is 1. The van der Waals surface area contributed by atoms with E-state index in [1.807, 2.05) is 27.2 Å². The maximum absolute atomic E-state index is 13.0. The summed E-state index contributed by atoms with van der Waals surface area (Å²) in [5, 5.41) is 13.9. The van der Waals surface area contributed by atoms with Gasteiger partial charge in [-0.1, -0.05) is 239 Å². The number of quaternary nitrogens is 1. The van der Waals surface area contributed by atoms with E-state index >= 15 is 0 Å². The van der Waals surface area contributed by atoms with Gasteiger partial charge in [-0.15, -0.1) is 0 Å². The zero-order valence-electron chi connectivity index (χ0n) is 46.7. The first-order chi connectivity index (χ1) is 34.5. The van der Waals surface area contributed by atoms with Crippen LogP contribution >= 0.6 is 7.82 Å². The highest BCUT2D eigenvalue weighted by molar-refractivity contribution is 7.47. The molecule has 0 bridgehead atoms. The van der Waals surface area contributed by atoms with Crippen LogP contribution in [0, 0.1) is 0 Å². The molecule has 0 aromatic carbocycles. The summed E-state index contributed by atoms with van der Waals surface area (Å²) in [5.41, 5.74) is 0. The number of rotatable bonds is 52. The molecule has 0 aromatic heterocycles. The summed E-state index contributed by atoms with van der Waals surface area (Å²) in [6.07, 6.45) is 75.2. The molecule has 3 N–H and O–H groups in total. The van der Waals surface area contributed by atoms with Crippen LogP contribution in [0.15, 0.2) is 97.2 Å². The topological polar surface area (TPSA) is 105 Å². The normalized spacial score (nSPS) is 14.6. The van der Waals surface area contributed by atoms with Gasteiger partial charge in [0.2, 0.25) is 5.91 Å². The SMILES string of the molecule is CC/C=C\C/C=C\C/C=C\C/C=C\C/C=C\CCCCCCCCCCCCCCCCCCCC(=O)NC(COP(=O)(O)OCC[N+](C)(C)C)C(O)/C=C/CC/C=C/CC/C=C/CCCCCCCC. The Labute approximate surface area is 439 Å². The quantitative estimate of drug-likeness (QED) is 0.0243. The first kappa shape index (κ1) is 68.4. The number of amides is 1. The molecule has 71 heavy (non-hydrogen) atoms. The molecule has 8 nitrogen and oxygen atoms in total. The summed E-state index contributed by atoms with van der Waals surface area (Å²) in [7, 11) is 1.54. The van der Waals surface area contributed by atoms with E-state index in [1.165, 1.54) is 141 Å². The van der Waals surface area contributed by atoms with Gasteiger partial charge in [0.1, 0.15) is 13.2 Å². The fourth-order valence-electron chi connectivity index (χ4n) is 7.98. The maximum Gasteiger partial charge on any atom is 0.472 e. The molecule has 3 atom stereocenters. The van der Waals surface area contributed by atoms with E-state index in [9.17, 15) is 19.4 Å². The second-order valence-corrected chi connectivity index (χ2v) is 22.1. The lowest BCUT2D eigenvalue weighted by Crippen LogP contribution is -2.45. The summed E-state index contributed by atoms with van der Waals surface area (Å²) in [5.74, 6) is -0.193. The van der Waals surface area contributed by atoms with Crippen molar-refractivity contribution in [3.8, 4) is 0 Å². The molecule has 0 fully saturated rings. The Bertz CT molecular complexity index is 1470. The van der Waals surface area contributed by atoms with Gasteiger partial charge in [-0.05, 0) is 89.9 Å². The summed E-state index contributed by atoms with van der Waals surface area (Å²) in [4.78, 5) is 23.3. The van der Waals surface area contributed by atoms with Gasteiger partial charge in [0, 0.05) is 6.42 Å². The molecule has 9 heteroatoms. The molecule has 0 aromatic rings. The first-order valence-electron chi connectivity index (χ1n) is 29.1. The van der Waals surface area contributed by atoms with Crippen LogP contribution in [0.5, 0.6) is 0 Å². The Morgan fingerprint density at radius 3 is 1.30 bits per heavy atom. The van der Waals surface area contributed by atoms with Crippen LogP contribution in [0.25, 0.3) is 0 Å². The van der Waals surface area contributed by atoms with E-state index < -0.39 is 20.0 Å². The van der Waals surface area contributed by atoms with Crippen molar-refractivity contribution in [2.45, 2.75) is 251 Å². The van der Waals surface area contributed by atoms with Gasteiger partial charge >= 0.3 is 7.82 Å². The van der Waals surface area contributed by atoms with Crippen LogP contribution in [0.2, 0.25) is 0 Å². The van der Waals surface area contributed by atoms with E-state index in [0.29, 0.717) is 17.4 Å². The van der Waals surface area contributed by atoms with Gasteiger partial charge in [-0.3, -0.25) is 13.8 Å². The number of unbranched alkanes of at least 4 members (excludes halogenated alkanes) is 25. The summed E-state index contributed by atoms with van der Waals surface area (Å²) >= 11 is 0. The molecule has 0 aliphatic heterocycles. The van der Waals surface area contributed by atoms with Gasteiger partial charge in [0.15, 0.2) is 0 Å². The number of aliphatic hydroxyl groups excluding tert-OH is 1. The highest BCUT2D eigenvalue weighted by Gasteiger charge is 2.27. The predicted molar refractivity (Wildman–Crippen MR) is 309 cm³/mol. The molecule has 0 aliphatic rings. The van der Waals surface area contributed by atoms with E-state index in [1.54, 1.807) is 6.08 Å². The maximum atomic E-state index is 13.0. The van der Waals surface area contributed by atoms with Gasteiger partial charge < -0.3 is 19.8 Å². The standard InChI is InChI=1S/C62H111N2O6P/c1-6-8-10-12-14-16-18-20-22-24-25-26-27-28-29-30-31-32-33-34-35-36-37-38-39-40-42-44-46-48-50-52-54-56-62(66)63-60(59-70-71(67,68)69-58-57-64(3,4)5)61(65)55-53-51-49-47-45-43-41-23-21-19-17-15-13-11-9-7-2/h8,10,14,16,20-23,25-26,28-29,45,47,53,55,60-61,65H,6-7,9,11-13,15,17-19,24,27,30-44,46,48-52,54,56-59H2,1-5H3,(H-,63,66,67,68)/p+1/b10-8-,16-14-,22-20-,23-21+,26-25-,29-28-,47-45+,55-53+. The monoisotopic (exact) mass is 1010 g/mol. The van der Waals surface area contributed by atoms with Crippen LogP contribution in [-0.2, 0) is 18.4 Å². The van der Waals surface area contributed by atoms with Crippen LogP contribution in [-0.4, -0.2) is 73.4 Å². The molecule has 0 heterocycles. The molecule has 3 unspecified atom stereocenters. The third-order valence-electron chi connectivity index (χ3n) is 12.5. The third kappa shape index (κ3) is 55.0. The number of carbonyl (C=O) groups excluding carboxylic acids is 1. The number of allylic oxidation sites excluding steroid dienone is 15. The number of phosphoric acid groups is 1. The van der Waals surface area contributed by atoms with Crippen molar-refractivity contribution < 1.29 is 32.9 Å². The highest BCUT2D eigenvalue weighted by atomic mass is 31.2. The van der Waals surface area contributed by atoms with Crippen LogP contribution in [0.1, 0.15) is 239 Å². The molecule has 410 valence electrons.